The molecule has 1 atom stereocenters. The largest absolute Gasteiger partial charge is 0.465 e. The quantitative estimate of drug-likeness (QED) is 0.628. The third-order valence-electron chi connectivity index (χ3n) is 4.14. The van der Waals surface area contributed by atoms with Crippen LogP contribution in [0.4, 0.5) is 0 Å². The van der Waals surface area contributed by atoms with E-state index in [1.165, 1.54) is 18.4 Å². The first-order valence-corrected chi connectivity index (χ1v) is 8.48. The summed E-state index contributed by atoms with van der Waals surface area (Å²) < 4.78 is 10.5. The van der Waals surface area contributed by atoms with Crippen LogP contribution >= 0.6 is 11.3 Å². The predicted octanol–water partition coefficient (Wildman–Crippen LogP) is 2.60. The highest BCUT2D eigenvalue weighted by atomic mass is 32.1. The van der Waals surface area contributed by atoms with Gasteiger partial charge in [-0.1, -0.05) is 6.07 Å². The van der Waals surface area contributed by atoms with Crippen LogP contribution in [0.2, 0.25) is 0 Å². The van der Waals surface area contributed by atoms with Crippen molar-refractivity contribution < 1.29 is 19.1 Å². The summed E-state index contributed by atoms with van der Waals surface area (Å²) in [6.45, 7) is 3.00. The van der Waals surface area contributed by atoms with Crippen molar-refractivity contribution in [1.82, 2.24) is 4.90 Å². The maximum Gasteiger partial charge on any atom is 0.340 e. The van der Waals surface area contributed by atoms with Gasteiger partial charge in [0.05, 0.1) is 30.9 Å². The number of amides is 1. The van der Waals surface area contributed by atoms with E-state index in [0.717, 1.165) is 24.3 Å². The molecule has 1 aromatic rings. The number of rotatable bonds is 4. The first kappa shape index (κ1) is 16.0. The van der Waals surface area contributed by atoms with Gasteiger partial charge in [-0.15, -0.1) is 11.3 Å². The summed E-state index contributed by atoms with van der Waals surface area (Å²) in [6.07, 6.45) is 3.75. The van der Waals surface area contributed by atoms with E-state index >= 15 is 0 Å². The molecule has 1 aromatic heterocycles. The number of esters is 1. The number of hydrogen-bond donors (Lipinski definition) is 0. The zero-order valence-corrected chi connectivity index (χ0v) is 14.0. The minimum Gasteiger partial charge on any atom is -0.465 e. The van der Waals surface area contributed by atoms with Crippen molar-refractivity contribution in [3.8, 4) is 0 Å². The molecule has 5 nitrogen and oxygen atoms in total. The fraction of sp³-hybridized carbons (Fsp3) is 0.412. The van der Waals surface area contributed by atoms with Gasteiger partial charge in [0.15, 0.2) is 0 Å². The third kappa shape index (κ3) is 3.09. The van der Waals surface area contributed by atoms with Crippen molar-refractivity contribution in [3.05, 3.63) is 39.2 Å². The van der Waals surface area contributed by atoms with Crippen LogP contribution in [0.3, 0.4) is 0 Å². The van der Waals surface area contributed by atoms with Crippen molar-refractivity contribution in [2.24, 2.45) is 0 Å². The molecule has 1 fully saturated rings. The summed E-state index contributed by atoms with van der Waals surface area (Å²) in [7, 11) is 1.33. The smallest absolute Gasteiger partial charge is 0.340 e. The normalized spacial score (nSPS) is 23.2. The zero-order chi connectivity index (χ0) is 16.4. The fourth-order valence-corrected chi connectivity index (χ4v) is 3.61. The molecule has 0 unspecified atom stereocenters. The molecule has 0 aromatic carbocycles. The topological polar surface area (TPSA) is 55.8 Å². The van der Waals surface area contributed by atoms with Gasteiger partial charge in [-0.3, -0.25) is 4.79 Å². The van der Waals surface area contributed by atoms with Crippen molar-refractivity contribution >= 4 is 29.3 Å². The Hall–Kier alpha value is -1.92. The van der Waals surface area contributed by atoms with E-state index in [-0.39, 0.29) is 12.0 Å². The molecule has 0 N–H and O–H groups in total. The van der Waals surface area contributed by atoms with Crippen LogP contribution in [-0.4, -0.2) is 43.1 Å². The molecule has 0 bridgehead atoms. The Bertz CT molecular complexity index is 669. The summed E-state index contributed by atoms with van der Waals surface area (Å²) in [6, 6.07) is 3.83. The second-order valence-electron chi connectivity index (χ2n) is 5.58. The van der Waals surface area contributed by atoms with Crippen LogP contribution in [0.1, 0.15) is 24.6 Å². The molecule has 122 valence electrons. The number of carbonyl (C=O) groups excluding carboxylic acids is 2. The number of methoxy groups -OCH3 is 1. The summed E-state index contributed by atoms with van der Waals surface area (Å²) in [4.78, 5) is 27.6. The maximum absolute atomic E-state index is 12.8. The summed E-state index contributed by atoms with van der Waals surface area (Å²) >= 11 is 1.52. The molecule has 0 saturated carbocycles. The zero-order valence-electron chi connectivity index (χ0n) is 13.2. The van der Waals surface area contributed by atoms with E-state index < -0.39 is 5.97 Å². The first-order valence-electron chi connectivity index (χ1n) is 7.60. The number of hydrogen-bond acceptors (Lipinski definition) is 5. The van der Waals surface area contributed by atoms with Crippen LogP contribution in [0, 0.1) is 0 Å². The second kappa shape index (κ2) is 6.68. The molecule has 0 aliphatic carbocycles. The molecule has 6 heteroatoms. The van der Waals surface area contributed by atoms with Gasteiger partial charge in [-0.25, -0.2) is 4.79 Å². The first-order chi connectivity index (χ1) is 11.1. The van der Waals surface area contributed by atoms with Gasteiger partial charge < -0.3 is 14.4 Å². The molecule has 0 radical (unpaired) electrons. The molecule has 2 aliphatic heterocycles. The van der Waals surface area contributed by atoms with Crippen LogP contribution < -0.4 is 0 Å². The van der Waals surface area contributed by atoms with Gasteiger partial charge in [-0.05, 0) is 37.3 Å². The Labute approximate surface area is 139 Å². The molecule has 23 heavy (non-hydrogen) atoms. The fourth-order valence-electron chi connectivity index (χ4n) is 2.96. The predicted molar refractivity (Wildman–Crippen MR) is 87.7 cm³/mol. The van der Waals surface area contributed by atoms with Crippen LogP contribution in [0.15, 0.2) is 34.4 Å². The van der Waals surface area contributed by atoms with E-state index in [4.69, 9.17) is 9.47 Å². The lowest BCUT2D eigenvalue weighted by molar-refractivity contribution is -0.136. The van der Waals surface area contributed by atoms with E-state index in [1.54, 1.807) is 17.9 Å². The number of allylic oxidation sites excluding steroid dienone is 1. The Morgan fingerprint density at radius 3 is 3.00 bits per heavy atom. The monoisotopic (exact) mass is 333 g/mol. The number of nitrogens with zero attached hydrogens (tertiary/aromatic N) is 1. The van der Waals surface area contributed by atoms with Crippen molar-refractivity contribution in [2.45, 2.75) is 25.9 Å². The SMILES string of the molecule is COC(=O)C1=C(C)N(C[C@@H]2CCCO2)C(=O)/C1=C\c1cccs1. The molecule has 3 rings (SSSR count). The van der Waals surface area contributed by atoms with Gasteiger partial charge >= 0.3 is 5.97 Å². The van der Waals surface area contributed by atoms with Crippen LogP contribution in [0.25, 0.3) is 6.08 Å². The molecule has 2 aliphatic rings. The number of thiophene rings is 1. The summed E-state index contributed by atoms with van der Waals surface area (Å²) in [5.41, 5.74) is 1.39. The standard InChI is InChI=1S/C17H19NO4S/c1-11-15(17(20)21-2)14(9-13-6-4-8-23-13)16(19)18(11)10-12-5-3-7-22-12/h4,6,8-9,12H,3,5,7,10H2,1-2H3/b14-9-/t12-/m0/s1. The van der Waals surface area contributed by atoms with E-state index in [9.17, 15) is 9.59 Å². The second-order valence-corrected chi connectivity index (χ2v) is 6.56. The molecule has 0 spiro atoms. The van der Waals surface area contributed by atoms with Crippen LogP contribution in [-0.2, 0) is 19.1 Å². The highest BCUT2D eigenvalue weighted by Crippen LogP contribution is 2.33. The maximum atomic E-state index is 12.8. The minimum atomic E-state index is -0.478. The molecule has 1 amide bonds. The summed E-state index contributed by atoms with van der Waals surface area (Å²) in [5, 5.41) is 1.93. The molecule has 1 saturated heterocycles. The number of carbonyl (C=O) groups is 2. The van der Waals surface area contributed by atoms with Gasteiger partial charge in [0, 0.05) is 17.2 Å². The Kier molecular flexibility index (Phi) is 4.63. The van der Waals surface area contributed by atoms with E-state index in [1.807, 2.05) is 17.5 Å². The molecular weight excluding hydrogens is 314 g/mol. The Balaban J connectivity index is 1.95. The Morgan fingerprint density at radius 1 is 1.57 bits per heavy atom. The number of ether oxygens (including phenoxy) is 2. The van der Waals surface area contributed by atoms with E-state index in [2.05, 4.69) is 0 Å². The lowest BCUT2D eigenvalue weighted by Gasteiger charge is -2.21. The molecule has 3 heterocycles. The lowest BCUT2D eigenvalue weighted by Crippen LogP contribution is -2.33. The summed E-state index contributed by atoms with van der Waals surface area (Å²) in [5.74, 6) is -0.639. The van der Waals surface area contributed by atoms with E-state index in [0.29, 0.717) is 23.4 Å². The highest BCUT2D eigenvalue weighted by Gasteiger charge is 2.38. The van der Waals surface area contributed by atoms with Gasteiger partial charge in [-0.2, -0.15) is 0 Å². The Morgan fingerprint density at radius 2 is 2.39 bits per heavy atom. The third-order valence-corrected chi connectivity index (χ3v) is 4.96. The van der Waals surface area contributed by atoms with Gasteiger partial charge in [0.2, 0.25) is 0 Å². The average molecular weight is 333 g/mol. The molecular formula is C17H19NO4S. The van der Waals surface area contributed by atoms with Gasteiger partial charge in [0.25, 0.3) is 5.91 Å². The lowest BCUT2D eigenvalue weighted by atomic mass is 10.1. The minimum absolute atomic E-state index is 0.0360. The van der Waals surface area contributed by atoms with Gasteiger partial charge in [0.1, 0.15) is 0 Å². The van der Waals surface area contributed by atoms with Crippen LogP contribution in [0.5, 0.6) is 0 Å². The van der Waals surface area contributed by atoms with Crippen molar-refractivity contribution in [1.29, 1.82) is 0 Å². The average Bonchev–Trinajstić information content (AvgIpc) is 3.27. The van der Waals surface area contributed by atoms with Crippen molar-refractivity contribution in [2.75, 3.05) is 20.3 Å². The van der Waals surface area contributed by atoms with Crippen molar-refractivity contribution in [3.63, 3.8) is 0 Å². The highest BCUT2D eigenvalue weighted by molar-refractivity contribution is 7.10.